The van der Waals surface area contributed by atoms with Crippen LogP contribution >= 0.6 is 0 Å². The molecule has 0 bridgehead atoms. The van der Waals surface area contributed by atoms with Gasteiger partial charge in [-0.05, 0) is 30.4 Å². The minimum Gasteiger partial charge on any atom is -0.493 e. The third-order valence-electron chi connectivity index (χ3n) is 3.71. The quantitative estimate of drug-likeness (QED) is 0.748. The van der Waals surface area contributed by atoms with Crippen LogP contribution in [0.4, 0.5) is 0 Å². The maximum Gasteiger partial charge on any atom is 0.322 e. The largest absolute Gasteiger partial charge is 0.493 e. The highest BCUT2D eigenvalue weighted by Gasteiger charge is 2.28. The molecule has 2 rings (SSSR count). The fourth-order valence-electron chi connectivity index (χ4n) is 2.32. The molecule has 0 spiro atoms. The number of nitrogens with one attached hydrogen (secondary N) is 1. The lowest BCUT2D eigenvalue weighted by atomic mass is 10.0. The van der Waals surface area contributed by atoms with Gasteiger partial charge in [0.25, 0.3) is 0 Å². The zero-order valence-corrected chi connectivity index (χ0v) is 13.1. The first-order chi connectivity index (χ1) is 10.1. The van der Waals surface area contributed by atoms with Crippen molar-refractivity contribution in [3.05, 3.63) is 29.8 Å². The molecule has 0 amide bonds. The zero-order valence-electron chi connectivity index (χ0n) is 13.1. The second-order valence-electron chi connectivity index (χ2n) is 5.85. The Morgan fingerprint density at radius 1 is 1.33 bits per heavy atom. The van der Waals surface area contributed by atoms with Crippen molar-refractivity contribution >= 4 is 5.97 Å². The van der Waals surface area contributed by atoms with Crippen LogP contribution in [0.5, 0.6) is 5.75 Å². The molecule has 1 fully saturated rings. The van der Waals surface area contributed by atoms with Gasteiger partial charge in [0.15, 0.2) is 0 Å². The maximum absolute atomic E-state index is 11.8. The third-order valence-corrected chi connectivity index (χ3v) is 3.71. The number of esters is 1. The molecule has 1 N–H and O–H groups in total. The van der Waals surface area contributed by atoms with Crippen molar-refractivity contribution in [3.8, 4) is 5.75 Å². The van der Waals surface area contributed by atoms with Gasteiger partial charge in [0.2, 0.25) is 0 Å². The Morgan fingerprint density at radius 2 is 2.05 bits per heavy atom. The van der Waals surface area contributed by atoms with Crippen molar-refractivity contribution in [2.24, 2.45) is 0 Å². The highest BCUT2D eigenvalue weighted by molar-refractivity contribution is 5.75. The fourth-order valence-corrected chi connectivity index (χ4v) is 2.32. The van der Waals surface area contributed by atoms with E-state index in [-0.39, 0.29) is 12.0 Å². The van der Waals surface area contributed by atoms with Gasteiger partial charge in [-0.3, -0.25) is 4.79 Å². The molecule has 1 aromatic carbocycles. The van der Waals surface area contributed by atoms with Crippen molar-refractivity contribution < 1.29 is 14.3 Å². The molecule has 1 atom stereocenters. The molecule has 0 aromatic heterocycles. The first kappa shape index (κ1) is 15.8. The molecule has 1 unspecified atom stereocenters. The topological polar surface area (TPSA) is 47.6 Å². The van der Waals surface area contributed by atoms with E-state index in [9.17, 15) is 4.79 Å². The van der Waals surface area contributed by atoms with E-state index in [0.717, 1.165) is 18.6 Å². The zero-order chi connectivity index (χ0) is 15.2. The Labute approximate surface area is 126 Å². The van der Waals surface area contributed by atoms with Gasteiger partial charge in [0.05, 0.1) is 13.7 Å². The summed E-state index contributed by atoms with van der Waals surface area (Å²) >= 11 is 0. The van der Waals surface area contributed by atoms with Crippen LogP contribution in [-0.4, -0.2) is 31.8 Å². The smallest absolute Gasteiger partial charge is 0.322 e. The SMILES string of the molecule is COC(=O)C(CCOc1ccccc1C(C)C)NC1CC1. The van der Waals surface area contributed by atoms with Gasteiger partial charge < -0.3 is 14.8 Å². The number of carbonyl (C=O) groups is 1. The van der Waals surface area contributed by atoms with E-state index in [2.05, 4.69) is 25.2 Å². The molecule has 1 saturated carbocycles. The van der Waals surface area contributed by atoms with Crippen molar-refractivity contribution in [1.82, 2.24) is 5.32 Å². The van der Waals surface area contributed by atoms with Crippen molar-refractivity contribution in [2.75, 3.05) is 13.7 Å². The summed E-state index contributed by atoms with van der Waals surface area (Å²) in [5, 5.41) is 3.31. The van der Waals surface area contributed by atoms with Crippen LogP contribution in [0.2, 0.25) is 0 Å². The Balaban J connectivity index is 1.88. The molecule has 21 heavy (non-hydrogen) atoms. The molecular formula is C17H25NO3. The number of hydrogen-bond acceptors (Lipinski definition) is 4. The van der Waals surface area contributed by atoms with Crippen LogP contribution in [-0.2, 0) is 9.53 Å². The highest BCUT2D eigenvalue weighted by atomic mass is 16.5. The molecule has 1 aromatic rings. The Hall–Kier alpha value is -1.55. The van der Waals surface area contributed by atoms with Crippen molar-refractivity contribution in [2.45, 2.75) is 51.1 Å². The predicted molar refractivity (Wildman–Crippen MR) is 82.6 cm³/mol. The highest BCUT2D eigenvalue weighted by Crippen LogP contribution is 2.26. The summed E-state index contributed by atoms with van der Waals surface area (Å²) in [5.74, 6) is 1.12. The molecule has 0 saturated heterocycles. The van der Waals surface area contributed by atoms with Gasteiger partial charge >= 0.3 is 5.97 Å². The maximum atomic E-state index is 11.8. The summed E-state index contributed by atoms with van der Waals surface area (Å²) < 4.78 is 10.7. The van der Waals surface area contributed by atoms with Gasteiger partial charge in [-0.1, -0.05) is 32.0 Å². The van der Waals surface area contributed by atoms with Crippen molar-refractivity contribution in [3.63, 3.8) is 0 Å². The van der Waals surface area contributed by atoms with Gasteiger partial charge in [0, 0.05) is 12.5 Å². The second kappa shape index (κ2) is 7.46. The predicted octanol–water partition coefficient (Wildman–Crippen LogP) is 2.87. The van der Waals surface area contributed by atoms with E-state index in [1.807, 2.05) is 18.2 Å². The average Bonchev–Trinajstić information content (AvgIpc) is 3.29. The van der Waals surface area contributed by atoms with Gasteiger partial charge in [0.1, 0.15) is 11.8 Å². The lowest BCUT2D eigenvalue weighted by molar-refractivity contribution is -0.143. The minimum atomic E-state index is -0.270. The number of carbonyl (C=O) groups excluding carboxylic acids is 1. The molecule has 0 radical (unpaired) electrons. The van der Waals surface area contributed by atoms with Gasteiger partial charge in [-0.25, -0.2) is 0 Å². The molecule has 1 aliphatic carbocycles. The van der Waals surface area contributed by atoms with E-state index in [1.54, 1.807) is 0 Å². The molecule has 0 heterocycles. The van der Waals surface area contributed by atoms with Crippen molar-refractivity contribution in [1.29, 1.82) is 0 Å². The van der Waals surface area contributed by atoms with Crippen LogP contribution in [0.15, 0.2) is 24.3 Å². The summed E-state index contributed by atoms with van der Waals surface area (Å²) in [5.41, 5.74) is 1.20. The number of rotatable bonds is 8. The molecule has 0 aliphatic heterocycles. The monoisotopic (exact) mass is 291 g/mol. The third kappa shape index (κ3) is 4.74. The molecule has 4 nitrogen and oxygen atoms in total. The summed E-state index contributed by atoms with van der Waals surface area (Å²) in [4.78, 5) is 11.8. The van der Waals surface area contributed by atoms with E-state index >= 15 is 0 Å². The Bertz CT molecular complexity index is 469. The van der Waals surface area contributed by atoms with Crippen LogP contribution in [0.25, 0.3) is 0 Å². The average molecular weight is 291 g/mol. The summed E-state index contributed by atoms with van der Waals surface area (Å²) in [6.45, 7) is 4.80. The summed E-state index contributed by atoms with van der Waals surface area (Å²) in [6, 6.07) is 8.26. The number of ether oxygens (including phenoxy) is 2. The second-order valence-corrected chi connectivity index (χ2v) is 5.85. The first-order valence-electron chi connectivity index (χ1n) is 7.67. The summed E-state index contributed by atoms with van der Waals surface area (Å²) in [7, 11) is 1.43. The Kier molecular flexibility index (Phi) is 5.62. The molecule has 116 valence electrons. The van der Waals surface area contributed by atoms with E-state index in [1.165, 1.54) is 12.7 Å². The van der Waals surface area contributed by atoms with Crippen LogP contribution in [0.1, 0.15) is 44.6 Å². The minimum absolute atomic E-state index is 0.206. The lowest BCUT2D eigenvalue weighted by Gasteiger charge is -2.18. The lowest BCUT2D eigenvalue weighted by Crippen LogP contribution is -2.40. The molecular weight excluding hydrogens is 266 g/mol. The normalized spacial score (nSPS) is 15.8. The fraction of sp³-hybridized carbons (Fsp3) is 0.588. The standard InChI is InChI=1S/C17H25NO3/c1-12(2)14-6-4-5-7-16(14)21-11-10-15(17(19)20-3)18-13-8-9-13/h4-7,12-13,15,18H,8-11H2,1-3H3. The van der Waals surface area contributed by atoms with Crippen LogP contribution in [0, 0.1) is 0 Å². The number of methoxy groups -OCH3 is 1. The van der Waals surface area contributed by atoms with Crippen LogP contribution in [0.3, 0.4) is 0 Å². The van der Waals surface area contributed by atoms with E-state index < -0.39 is 0 Å². The summed E-state index contributed by atoms with van der Waals surface area (Å²) in [6.07, 6.45) is 2.91. The molecule has 4 heteroatoms. The van der Waals surface area contributed by atoms with E-state index in [4.69, 9.17) is 9.47 Å². The van der Waals surface area contributed by atoms with Crippen LogP contribution < -0.4 is 10.1 Å². The Morgan fingerprint density at radius 3 is 2.67 bits per heavy atom. The first-order valence-corrected chi connectivity index (χ1v) is 7.67. The molecule has 1 aliphatic rings. The van der Waals surface area contributed by atoms with E-state index in [0.29, 0.717) is 25.0 Å². The number of para-hydroxylation sites is 1. The number of benzene rings is 1. The number of hydrogen-bond donors (Lipinski definition) is 1. The van der Waals surface area contributed by atoms with Gasteiger partial charge in [-0.15, -0.1) is 0 Å². The van der Waals surface area contributed by atoms with Gasteiger partial charge in [-0.2, -0.15) is 0 Å².